The molecule has 5 nitrogen and oxygen atoms in total. The largest absolute Gasteiger partial charge is 0.493 e. The van der Waals surface area contributed by atoms with Crippen LogP contribution >= 0.6 is 12.4 Å². The van der Waals surface area contributed by atoms with Gasteiger partial charge in [0.2, 0.25) is 0 Å². The summed E-state index contributed by atoms with van der Waals surface area (Å²) in [5.74, 6) is 0.614. The molecule has 0 aliphatic rings. The maximum atomic E-state index is 10.7. The summed E-state index contributed by atoms with van der Waals surface area (Å²) in [6.45, 7) is 4.89. The van der Waals surface area contributed by atoms with Crippen LogP contribution in [0.4, 0.5) is 0 Å². The van der Waals surface area contributed by atoms with Crippen molar-refractivity contribution in [2.24, 2.45) is 5.73 Å². The molecule has 1 unspecified atom stereocenters. The van der Waals surface area contributed by atoms with Gasteiger partial charge < -0.3 is 20.5 Å². The van der Waals surface area contributed by atoms with Crippen molar-refractivity contribution >= 4 is 18.3 Å². The maximum absolute atomic E-state index is 10.7. The van der Waals surface area contributed by atoms with Crippen molar-refractivity contribution < 1.29 is 14.3 Å². The molecule has 0 saturated heterocycles. The smallest absolute Gasteiger partial charge is 0.255 e. The fraction of sp³-hybridized carbons (Fsp3) is 0.500. The first kappa shape index (κ1) is 18.5. The van der Waals surface area contributed by atoms with Gasteiger partial charge in [0.15, 0.2) is 18.1 Å². The molecule has 0 aliphatic carbocycles. The third kappa shape index (κ3) is 6.12. The van der Waals surface area contributed by atoms with Crippen molar-refractivity contribution in [1.29, 1.82) is 0 Å². The highest BCUT2D eigenvalue weighted by atomic mass is 35.5. The van der Waals surface area contributed by atoms with Gasteiger partial charge in [-0.1, -0.05) is 13.0 Å². The molecule has 6 heteroatoms. The maximum Gasteiger partial charge on any atom is 0.255 e. The molecule has 0 radical (unpaired) electrons. The predicted molar refractivity (Wildman–Crippen MR) is 81.5 cm³/mol. The van der Waals surface area contributed by atoms with E-state index in [9.17, 15) is 4.79 Å². The lowest BCUT2D eigenvalue weighted by Crippen LogP contribution is -2.24. The Hall–Kier alpha value is -1.46. The van der Waals surface area contributed by atoms with Crippen molar-refractivity contribution in [3.63, 3.8) is 0 Å². The molecule has 0 fully saturated rings. The summed E-state index contributed by atoms with van der Waals surface area (Å²) in [6.07, 6.45) is 1.08. The van der Waals surface area contributed by atoms with E-state index in [1.807, 2.05) is 12.1 Å². The summed E-state index contributed by atoms with van der Waals surface area (Å²) < 4.78 is 10.5. The van der Waals surface area contributed by atoms with Crippen molar-refractivity contribution in [2.75, 3.05) is 13.7 Å². The fourth-order valence-corrected chi connectivity index (χ4v) is 1.53. The number of hydrogen-bond donors (Lipinski definition) is 2. The van der Waals surface area contributed by atoms with Crippen molar-refractivity contribution in [2.45, 2.75) is 32.9 Å². The highest BCUT2D eigenvalue weighted by Crippen LogP contribution is 2.28. The van der Waals surface area contributed by atoms with Crippen LogP contribution in [0.3, 0.4) is 0 Å². The number of carbonyl (C=O) groups is 1. The molecule has 20 heavy (non-hydrogen) atoms. The summed E-state index contributed by atoms with van der Waals surface area (Å²) >= 11 is 0. The van der Waals surface area contributed by atoms with Gasteiger partial charge in [-0.3, -0.25) is 4.79 Å². The van der Waals surface area contributed by atoms with Crippen LogP contribution in [-0.2, 0) is 11.3 Å². The first-order valence-electron chi connectivity index (χ1n) is 6.38. The quantitative estimate of drug-likeness (QED) is 0.769. The SMILES string of the molecule is CCC(C)NCc1ccc(OCC(N)=O)c(OC)c1.Cl. The predicted octanol–water partition coefficient (Wildman–Crippen LogP) is 1.87. The van der Waals surface area contributed by atoms with Crippen LogP contribution in [0, 0.1) is 0 Å². The van der Waals surface area contributed by atoms with Gasteiger partial charge in [0.05, 0.1) is 7.11 Å². The Bertz CT molecular complexity index is 427. The van der Waals surface area contributed by atoms with E-state index in [0.29, 0.717) is 17.5 Å². The van der Waals surface area contributed by atoms with Crippen LogP contribution in [0.1, 0.15) is 25.8 Å². The molecule has 0 aromatic heterocycles. The van der Waals surface area contributed by atoms with Crippen LogP contribution < -0.4 is 20.5 Å². The molecule has 1 aromatic rings. The Kier molecular flexibility index (Phi) is 8.76. The number of nitrogens with one attached hydrogen (secondary N) is 1. The van der Waals surface area contributed by atoms with Crippen LogP contribution in [-0.4, -0.2) is 25.7 Å². The minimum atomic E-state index is -0.510. The standard InChI is InChI=1S/C14H22N2O3.ClH/c1-4-10(2)16-8-11-5-6-12(13(7-11)18-3)19-9-14(15)17;/h5-7,10,16H,4,8-9H2,1-3H3,(H2,15,17);1H. The number of ether oxygens (including phenoxy) is 2. The monoisotopic (exact) mass is 302 g/mol. The first-order chi connectivity index (χ1) is 9.06. The van der Waals surface area contributed by atoms with Crippen molar-refractivity contribution in [3.8, 4) is 11.5 Å². The Morgan fingerprint density at radius 1 is 1.40 bits per heavy atom. The molecular weight excluding hydrogens is 280 g/mol. The molecule has 0 aliphatic heterocycles. The molecular formula is C14H23ClN2O3. The third-order valence-electron chi connectivity index (χ3n) is 2.86. The Labute approximate surface area is 126 Å². The van der Waals surface area contributed by atoms with E-state index in [1.54, 1.807) is 13.2 Å². The normalized spacial score (nSPS) is 11.3. The second kappa shape index (κ2) is 9.44. The third-order valence-corrected chi connectivity index (χ3v) is 2.86. The van der Waals surface area contributed by atoms with Crippen LogP contribution in [0.15, 0.2) is 18.2 Å². The first-order valence-corrected chi connectivity index (χ1v) is 6.38. The van der Waals surface area contributed by atoms with E-state index in [4.69, 9.17) is 15.2 Å². The van der Waals surface area contributed by atoms with E-state index in [1.165, 1.54) is 0 Å². The molecule has 114 valence electrons. The number of benzene rings is 1. The van der Waals surface area contributed by atoms with E-state index >= 15 is 0 Å². The minimum Gasteiger partial charge on any atom is -0.493 e. The summed E-state index contributed by atoms with van der Waals surface area (Å²) in [7, 11) is 1.57. The number of primary amides is 1. The summed E-state index contributed by atoms with van der Waals surface area (Å²) in [6, 6.07) is 6.09. The zero-order valence-electron chi connectivity index (χ0n) is 12.1. The number of rotatable bonds is 8. The van der Waals surface area contributed by atoms with Crippen LogP contribution in [0.25, 0.3) is 0 Å². The number of halogens is 1. The van der Waals surface area contributed by atoms with Gasteiger partial charge in [0.25, 0.3) is 5.91 Å². The lowest BCUT2D eigenvalue weighted by Gasteiger charge is -2.14. The van der Waals surface area contributed by atoms with Crippen LogP contribution in [0.5, 0.6) is 11.5 Å². The topological polar surface area (TPSA) is 73.6 Å². The lowest BCUT2D eigenvalue weighted by molar-refractivity contribution is -0.119. The molecule has 0 spiro atoms. The second-order valence-corrected chi connectivity index (χ2v) is 4.43. The average molecular weight is 303 g/mol. The molecule has 1 rings (SSSR count). The number of hydrogen-bond acceptors (Lipinski definition) is 4. The molecule has 0 heterocycles. The van der Waals surface area contributed by atoms with E-state index in [0.717, 1.165) is 18.5 Å². The fourth-order valence-electron chi connectivity index (χ4n) is 1.53. The van der Waals surface area contributed by atoms with E-state index < -0.39 is 5.91 Å². The average Bonchev–Trinajstić information content (AvgIpc) is 2.42. The molecule has 0 bridgehead atoms. The second-order valence-electron chi connectivity index (χ2n) is 4.43. The van der Waals surface area contributed by atoms with Gasteiger partial charge in [-0.25, -0.2) is 0 Å². The molecule has 0 saturated carbocycles. The van der Waals surface area contributed by atoms with Crippen molar-refractivity contribution in [3.05, 3.63) is 23.8 Å². The number of amides is 1. The molecule has 1 aromatic carbocycles. The van der Waals surface area contributed by atoms with Gasteiger partial charge >= 0.3 is 0 Å². The lowest BCUT2D eigenvalue weighted by atomic mass is 10.1. The number of carbonyl (C=O) groups excluding carboxylic acids is 1. The molecule has 3 N–H and O–H groups in total. The van der Waals surface area contributed by atoms with E-state index in [2.05, 4.69) is 19.2 Å². The van der Waals surface area contributed by atoms with Crippen molar-refractivity contribution in [1.82, 2.24) is 5.32 Å². The minimum absolute atomic E-state index is 0. The summed E-state index contributed by atoms with van der Waals surface area (Å²) in [5, 5.41) is 3.40. The Morgan fingerprint density at radius 2 is 2.10 bits per heavy atom. The van der Waals surface area contributed by atoms with Gasteiger partial charge in [-0.2, -0.15) is 0 Å². The van der Waals surface area contributed by atoms with Gasteiger partial charge in [-0.15, -0.1) is 12.4 Å². The van der Waals surface area contributed by atoms with Gasteiger partial charge in [-0.05, 0) is 31.0 Å². The summed E-state index contributed by atoms with van der Waals surface area (Å²) in [5.41, 5.74) is 6.14. The van der Waals surface area contributed by atoms with Crippen LogP contribution in [0.2, 0.25) is 0 Å². The van der Waals surface area contributed by atoms with Gasteiger partial charge in [0, 0.05) is 12.6 Å². The van der Waals surface area contributed by atoms with Gasteiger partial charge in [0.1, 0.15) is 0 Å². The number of methoxy groups -OCH3 is 1. The Balaban J connectivity index is 0.00000361. The zero-order chi connectivity index (χ0) is 14.3. The highest BCUT2D eigenvalue weighted by molar-refractivity contribution is 5.85. The molecule has 1 atom stereocenters. The molecule has 1 amide bonds. The Morgan fingerprint density at radius 3 is 2.65 bits per heavy atom. The number of nitrogens with two attached hydrogens (primary N) is 1. The highest BCUT2D eigenvalue weighted by Gasteiger charge is 2.07. The summed E-state index contributed by atoms with van der Waals surface area (Å²) in [4.78, 5) is 10.7. The zero-order valence-corrected chi connectivity index (χ0v) is 13.0. The van der Waals surface area contributed by atoms with E-state index in [-0.39, 0.29) is 19.0 Å².